The van der Waals surface area contributed by atoms with Crippen LogP contribution in [0.4, 0.5) is 18.3 Å². The van der Waals surface area contributed by atoms with Gasteiger partial charge in [0.15, 0.2) is 11.2 Å². The number of aromatic nitrogens is 5. The zero-order valence-electron chi connectivity index (χ0n) is 28.4. The molecular formula is C38H40F3N7O2S. The molecule has 0 radical (unpaired) electrons. The van der Waals surface area contributed by atoms with Crippen LogP contribution >= 0.6 is 11.3 Å². The number of carbonyl (C=O) groups excluding carboxylic acids is 1. The lowest BCUT2D eigenvalue weighted by Gasteiger charge is -2.72. The molecule has 5 heterocycles. The number of carbonyl (C=O) groups is 1. The number of piperidine rings is 1. The normalized spacial score (nSPS) is 23.9. The monoisotopic (exact) mass is 715 g/mol. The number of hydrogen-bond donors (Lipinski definition) is 2. The molecule has 9 nitrogen and oxygen atoms in total. The molecule has 51 heavy (non-hydrogen) atoms. The summed E-state index contributed by atoms with van der Waals surface area (Å²) >= 11 is 1.26. The first-order chi connectivity index (χ1) is 24.5. The van der Waals surface area contributed by atoms with Gasteiger partial charge < -0.3 is 14.6 Å². The maximum Gasteiger partial charge on any atom is 0.417 e. The number of halogens is 3. The van der Waals surface area contributed by atoms with E-state index in [1.807, 2.05) is 16.7 Å². The number of imidazole rings is 1. The molecule has 2 bridgehead atoms. The first-order valence-corrected chi connectivity index (χ1v) is 18.7. The molecule has 1 amide bonds. The lowest BCUT2D eigenvalue weighted by molar-refractivity contribution is -0.158. The molecule has 5 aromatic rings. The van der Waals surface area contributed by atoms with Crippen LogP contribution in [0.5, 0.6) is 0 Å². The van der Waals surface area contributed by atoms with E-state index in [9.17, 15) is 23.1 Å². The summed E-state index contributed by atoms with van der Waals surface area (Å²) in [5.41, 5.74) is 4.38. The third-order valence-electron chi connectivity index (χ3n) is 12.1. The Balaban J connectivity index is 1.02. The minimum absolute atomic E-state index is 0.0528. The minimum atomic E-state index is -4.64. The van der Waals surface area contributed by atoms with Gasteiger partial charge in [0, 0.05) is 48.6 Å². The molecular weight excluding hydrogens is 676 g/mol. The fourth-order valence-corrected chi connectivity index (χ4v) is 10.2. The molecule has 1 atom stereocenters. The van der Waals surface area contributed by atoms with Crippen LogP contribution < -0.4 is 5.32 Å². The van der Waals surface area contributed by atoms with E-state index in [1.54, 1.807) is 24.8 Å². The van der Waals surface area contributed by atoms with Crippen molar-refractivity contribution in [1.29, 1.82) is 0 Å². The quantitative estimate of drug-likeness (QED) is 0.171. The molecule has 2 aliphatic heterocycles. The van der Waals surface area contributed by atoms with Gasteiger partial charge in [0.1, 0.15) is 0 Å². The highest BCUT2D eigenvalue weighted by molar-refractivity contribution is 7.13. The Morgan fingerprint density at radius 1 is 1.12 bits per heavy atom. The molecule has 2 N–H and O–H groups in total. The van der Waals surface area contributed by atoms with Crippen LogP contribution in [0.1, 0.15) is 72.6 Å². The van der Waals surface area contributed by atoms with Crippen LogP contribution in [0.25, 0.3) is 22.0 Å². The first-order valence-electron chi connectivity index (χ1n) is 17.8. The highest BCUT2D eigenvalue weighted by Gasteiger charge is 2.68. The number of thiazole rings is 1. The Kier molecular flexibility index (Phi) is 7.72. The molecule has 3 saturated carbocycles. The number of alkyl halides is 3. The van der Waals surface area contributed by atoms with E-state index in [0.29, 0.717) is 38.8 Å². The number of aryl methyl sites for hydroxylation is 2. The molecule has 1 unspecified atom stereocenters. The van der Waals surface area contributed by atoms with Crippen LogP contribution in [-0.4, -0.2) is 66.5 Å². The van der Waals surface area contributed by atoms with Crippen LogP contribution in [0, 0.1) is 18.3 Å². The summed E-state index contributed by atoms with van der Waals surface area (Å²) in [4.78, 5) is 25.1. The van der Waals surface area contributed by atoms with Crippen LogP contribution in [0.3, 0.4) is 0 Å². The number of benzene rings is 2. The van der Waals surface area contributed by atoms with E-state index in [1.165, 1.54) is 33.8 Å². The van der Waals surface area contributed by atoms with E-state index < -0.39 is 23.7 Å². The second-order valence-electron chi connectivity index (χ2n) is 15.4. The highest BCUT2D eigenvalue weighted by Crippen LogP contribution is 2.73. The Morgan fingerprint density at radius 3 is 2.57 bits per heavy atom. The second kappa shape index (κ2) is 12.0. The fourth-order valence-electron chi connectivity index (χ4n) is 9.63. The van der Waals surface area contributed by atoms with Gasteiger partial charge in [-0.3, -0.25) is 14.8 Å². The average molecular weight is 716 g/mol. The number of rotatable bonds is 9. The van der Waals surface area contributed by atoms with Gasteiger partial charge in [0.25, 0.3) is 5.91 Å². The van der Waals surface area contributed by atoms with Crippen molar-refractivity contribution in [2.24, 2.45) is 11.3 Å². The minimum Gasteiger partial charge on any atom is -0.396 e. The van der Waals surface area contributed by atoms with Crippen molar-refractivity contribution < 1.29 is 23.1 Å². The SMILES string of the molecule is Cc1c(-c2ccc(C34CC(CN5CCC(CO)CC5)(C3)C4)cc2)cc(C(F)(F)F)c2cn(C(C(=O)Nc3nccs3)c3ncn4c3CCC4)nc12. The number of aliphatic hydroxyl groups excluding tert-OH is 1. The summed E-state index contributed by atoms with van der Waals surface area (Å²) in [6, 6.07) is 8.24. The summed E-state index contributed by atoms with van der Waals surface area (Å²) in [5.74, 6) is -0.0261. The van der Waals surface area contributed by atoms with E-state index in [2.05, 4.69) is 32.3 Å². The van der Waals surface area contributed by atoms with Crippen molar-refractivity contribution in [1.82, 2.24) is 29.2 Å². The average Bonchev–Trinajstić information content (AvgIpc) is 3.90. The topological polar surface area (TPSA) is 101 Å². The van der Waals surface area contributed by atoms with Gasteiger partial charge in [-0.2, -0.15) is 18.3 Å². The lowest BCUT2D eigenvalue weighted by Crippen LogP contribution is -2.68. The molecule has 10 rings (SSSR count). The van der Waals surface area contributed by atoms with E-state index >= 15 is 0 Å². The third-order valence-corrected chi connectivity index (χ3v) is 12.8. The Bertz CT molecular complexity index is 2090. The highest BCUT2D eigenvalue weighted by atomic mass is 32.1. The molecule has 13 heteroatoms. The molecule has 5 aliphatic rings. The maximum atomic E-state index is 14.8. The summed E-state index contributed by atoms with van der Waals surface area (Å²) in [6.07, 6.45) is 7.17. The third kappa shape index (κ3) is 5.50. The van der Waals surface area contributed by atoms with E-state index in [4.69, 9.17) is 5.10 Å². The van der Waals surface area contributed by atoms with Gasteiger partial charge >= 0.3 is 6.18 Å². The number of fused-ring (bicyclic) bond motifs is 2. The van der Waals surface area contributed by atoms with E-state index in [0.717, 1.165) is 76.8 Å². The number of nitrogens with one attached hydrogen (secondary N) is 1. The number of amides is 1. The predicted octanol–water partition coefficient (Wildman–Crippen LogP) is 6.98. The molecule has 3 aromatic heterocycles. The van der Waals surface area contributed by atoms with Crippen LogP contribution in [0.15, 0.2) is 54.4 Å². The van der Waals surface area contributed by atoms with Gasteiger partial charge in [0.05, 0.1) is 23.1 Å². The Hall–Kier alpha value is -4.07. The van der Waals surface area contributed by atoms with Crippen molar-refractivity contribution >= 4 is 33.3 Å². The van der Waals surface area contributed by atoms with Crippen molar-refractivity contribution in [3.05, 3.63) is 82.5 Å². The number of hydrogen-bond acceptors (Lipinski definition) is 7. The molecule has 0 spiro atoms. The van der Waals surface area contributed by atoms with Gasteiger partial charge in [-0.25, -0.2) is 9.97 Å². The summed E-state index contributed by atoms with van der Waals surface area (Å²) in [7, 11) is 0. The van der Waals surface area contributed by atoms with Crippen LogP contribution in [0.2, 0.25) is 0 Å². The standard InChI is InChI=1S/C38H40F3N7O2S/c1-23-27(25-4-6-26(7-5-25)37-18-36(19-37,20-37)21-46-12-8-24(17-49)9-13-46)15-29(38(39,40)41)28-16-48(45-31(23)28)33(34(50)44-35-42-10-14-51-35)32-30-3-2-11-47(30)22-43-32/h4-7,10,14-16,22,24,33,49H,2-3,8-9,11-13,17-21H2,1H3,(H,42,44,50). The van der Waals surface area contributed by atoms with Gasteiger partial charge in [-0.05, 0) is 110 Å². The predicted molar refractivity (Wildman–Crippen MR) is 189 cm³/mol. The van der Waals surface area contributed by atoms with Crippen molar-refractivity contribution in [2.75, 3.05) is 31.6 Å². The Labute approximate surface area is 297 Å². The van der Waals surface area contributed by atoms with Gasteiger partial charge in [0.2, 0.25) is 0 Å². The van der Waals surface area contributed by atoms with Crippen molar-refractivity contribution in [2.45, 2.75) is 76.0 Å². The summed E-state index contributed by atoms with van der Waals surface area (Å²) < 4.78 is 47.7. The molecule has 4 fully saturated rings. The number of nitrogens with zero attached hydrogens (tertiary/aromatic N) is 6. The number of likely N-dealkylation sites (tertiary alicyclic amines) is 1. The molecule has 266 valence electrons. The smallest absolute Gasteiger partial charge is 0.396 e. The zero-order valence-corrected chi connectivity index (χ0v) is 29.2. The second-order valence-corrected chi connectivity index (χ2v) is 16.3. The fraction of sp³-hybridized carbons (Fsp3) is 0.474. The van der Waals surface area contributed by atoms with Crippen LogP contribution in [-0.2, 0) is 29.4 Å². The molecule has 2 aromatic carbocycles. The van der Waals surface area contributed by atoms with Crippen molar-refractivity contribution in [3.63, 3.8) is 0 Å². The molecule has 1 saturated heterocycles. The molecule has 3 aliphatic carbocycles. The summed E-state index contributed by atoms with van der Waals surface area (Å²) in [6.45, 7) is 6.10. The maximum absolute atomic E-state index is 14.8. The number of aliphatic hydroxyl groups is 1. The van der Waals surface area contributed by atoms with Gasteiger partial charge in [-0.15, -0.1) is 11.3 Å². The first kappa shape index (κ1) is 32.8. The van der Waals surface area contributed by atoms with Gasteiger partial charge in [-0.1, -0.05) is 24.3 Å². The summed E-state index contributed by atoms with van der Waals surface area (Å²) in [5, 5.41) is 19.1. The van der Waals surface area contributed by atoms with Crippen molar-refractivity contribution in [3.8, 4) is 11.1 Å². The number of anilines is 1. The Morgan fingerprint density at radius 2 is 1.88 bits per heavy atom. The zero-order chi connectivity index (χ0) is 35.1. The van der Waals surface area contributed by atoms with E-state index in [-0.39, 0.29) is 22.9 Å². The largest absolute Gasteiger partial charge is 0.417 e. The lowest BCUT2D eigenvalue weighted by atomic mass is 9.33.